The molecular weight excluding hydrogens is 287 g/mol. The lowest BCUT2D eigenvalue weighted by atomic mass is 10.0. The number of aliphatic carboxylic acids is 1. The standard InChI is InChI=1S/C14H18F3NO3/c1-3-18(4-2)11(9-13(19)20)10-7-5-6-8-12(10)21-14(15,16)17/h5-8,11H,3-4,9H2,1-2H3,(H,19,20). The van der Waals surface area contributed by atoms with E-state index in [4.69, 9.17) is 5.11 Å². The normalized spacial score (nSPS) is 13.2. The first-order chi connectivity index (χ1) is 9.78. The molecule has 0 aliphatic rings. The largest absolute Gasteiger partial charge is 0.573 e. The van der Waals surface area contributed by atoms with E-state index in [1.54, 1.807) is 11.0 Å². The quantitative estimate of drug-likeness (QED) is 0.838. The molecule has 1 aromatic rings. The van der Waals surface area contributed by atoms with Crippen molar-refractivity contribution < 1.29 is 27.8 Å². The number of carbonyl (C=O) groups is 1. The number of hydrogen-bond acceptors (Lipinski definition) is 3. The summed E-state index contributed by atoms with van der Waals surface area (Å²) in [6.45, 7) is 4.70. The van der Waals surface area contributed by atoms with E-state index in [-0.39, 0.29) is 17.7 Å². The molecule has 0 saturated heterocycles. The summed E-state index contributed by atoms with van der Waals surface area (Å²) in [7, 11) is 0. The molecule has 0 saturated carbocycles. The number of para-hydroxylation sites is 1. The van der Waals surface area contributed by atoms with Crippen molar-refractivity contribution in [1.29, 1.82) is 0 Å². The van der Waals surface area contributed by atoms with Crippen LogP contribution in [0.2, 0.25) is 0 Å². The molecule has 0 heterocycles. The smallest absolute Gasteiger partial charge is 0.481 e. The minimum absolute atomic E-state index is 0.223. The van der Waals surface area contributed by atoms with Gasteiger partial charge < -0.3 is 9.84 Å². The fourth-order valence-electron chi connectivity index (χ4n) is 2.24. The molecule has 1 N–H and O–H groups in total. The van der Waals surface area contributed by atoms with Crippen molar-refractivity contribution in [3.63, 3.8) is 0 Å². The number of carboxylic acid groups (broad SMARTS) is 1. The number of rotatable bonds is 7. The molecule has 0 aliphatic carbocycles. The van der Waals surface area contributed by atoms with Crippen LogP contribution >= 0.6 is 0 Å². The van der Waals surface area contributed by atoms with Crippen LogP contribution in [0.3, 0.4) is 0 Å². The van der Waals surface area contributed by atoms with Gasteiger partial charge >= 0.3 is 12.3 Å². The van der Waals surface area contributed by atoms with Gasteiger partial charge in [0.05, 0.1) is 6.42 Å². The number of halogens is 3. The van der Waals surface area contributed by atoms with Crippen LogP contribution in [0.1, 0.15) is 31.9 Å². The van der Waals surface area contributed by atoms with E-state index >= 15 is 0 Å². The van der Waals surface area contributed by atoms with Gasteiger partial charge in [0.2, 0.25) is 0 Å². The average Bonchev–Trinajstić information content (AvgIpc) is 2.37. The molecule has 0 radical (unpaired) electrons. The number of hydrogen-bond donors (Lipinski definition) is 1. The van der Waals surface area contributed by atoms with Gasteiger partial charge in [0, 0.05) is 11.6 Å². The second kappa shape index (κ2) is 7.31. The van der Waals surface area contributed by atoms with Crippen molar-refractivity contribution >= 4 is 5.97 Å². The molecule has 21 heavy (non-hydrogen) atoms. The zero-order valence-corrected chi connectivity index (χ0v) is 11.9. The Morgan fingerprint density at radius 3 is 2.33 bits per heavy atom. The first-order valence-electron chi connectivity index (χ1n) is 6.59. The summed E-state index contributed by atoms with van der Waals surface area (Å²) in [5.74, 6) is -1.43. The van der Waals surface area contributed by atoms with Crippen LogP contribution in [-0.4, -0.2) is 35.4 Å². The van der Waals surface area contributed by atoms with E-state index in [0.717, 1.165) is 0 Å². The van der Waals surface area contributed by atoms with Crippen molar-refractivity contribution in [2.75, 3.05) is 13.1 Å². The van der Waals surface area contributed by atoms with Crippen LogP contribution in [0.15, 0.2) is 24.3 Å². The van der Waals surface area contributed by atoms with Gasteiger partial charge in [0.1, 0.15) is 5.75 Å². The molecule has 4 nitrogen and oxygen atoms in total. The monoisotopic (exact) mass is 305 g/mol. The lowest BCUT2D eigenvalue weighted by Crippen LogP contribution is -2.31. The number of carboxylic acids is 1. The van der Waals surface area contributed by atoms with Crippen molar-refractivity contribution in [3.8, 4) is 5.75 Å². The first-order valence-corrected chi connectivity index (χ1v) is 6.59. The Labute approximate surface area is 121 Å². The maximum atomic E-state index is 12.5. The molecular formula is C14H18F3NO3. The Hall–Kier alpha value is -1.76. The van der Waals surface area contributed by atoms with Crippen LogP contribution in [0, 0.1) is 0 Å². The number of alkyl halides is 3. The highest BCUT2D eigenvalue weighted by Gasteiger charge is 2.34. The lowest BCUT2D eigenvalue weighted by molar-refractivity contribution is -0.275. The van der Waals surface area contributed by atoms with Gasteiger partial charge in [0.25, 0.3) is 0 Å². The van der Waals surface area contributed by atoms with Crippen molar-refractivity contribution in [2.24, 2.45) is 0 Å². The SMILES string of the molecule is CCN(CC)C(CC(=O)O)c1ccccc1OC(F)(F)F. The van der Waals surface area contributed by atoms with E-state index in [9.17, 15) is 18.0 Å². The van der Waals surface area contributed by atoms with E-state index < -0.39 is 18.4 Å². The van der Waals surface area contributed by atoms with Gasteiger partial charge in [-0.25, -0.2) is 0 Å². The summed E-state index contributed by atoms with van der Waals surface area (Å²) in [4.78, 5) is 12.8. The van der Waals surface area contributed by atoms with Crippen molar-refractivity contribution in [1.82, 2.24) is 4.90 Å². The maximum Gasteiger partial charge on any atom is 0.573 e. The van der Waals surface area contributed by atoms with Gasteiger partial charge in [0.15, 0.2) is 0 Å². The summed E-state index contributed by atoms with van der Waals surface area (Å²) in [6.07, 6.45) is -5.10. The van der Waals surface area contributed by atoms with E-state index in [1.807, 2.05) is 13.8 Å². The lowest BCUT2D eigenvalue weighted by Gasteiger charge is -2.30. The second-order valence-corrected chi connectivity index (χ2v) is 4.42. The van der Waals surface area contributed by atoms with E-state index in [2.05, 4.69) is 4.74 Å². The first kappa shape index (κ1) is 17.3. The van der Waals surface area contributed by atoms with Crippen LogP contribution in [0.25, 0.3) is 0 Å². The highest BCUT2D eigenvalue weighted by atomic mass is 19.4. The summed E-state index contributed by atoms with van der Waals surface area (Å²) in [5.41, 5.74) is 0.223. The summed E-state index contributed by atoms with van der Waals surface area (Å²) in [5, 5.41) is 9.02. The Kier molecular flexibility index (Phi) is 6.02. The highest BCUT2D eigenvalue weighted by Crippen LogP contribution is 2.34. The van der Waals surface area contributed by atoms with Crippen LogP contribution in [-0.2, 0) is 4.79 Å². The van der Waals surface area contributed by atoms with E-state index in [0.29, 0.717) is 13.1 Å². The molecule has 118 valence electrons. The number of benzene rings is 1. The molecule has 0 bridgehead atoms. The maximum absolute atomic E-state index is 12.5. The summed E-state index contributed by atoms with van der Waals surface area (Å²) >= 11 is 0. The molecule has 1 atom stereocenters. The summed E-state index contributed by atoms with van der Waals surface area (Å²) in [6, 6.07) is 4.98. The molecule has 0 fully saturated rings. The van der Waals surface area contributed by atoms with Gasteiger partial charge in [-0.05, 0) is 19.2 Å². The predicted octanol–water partition coefficient (Wildman–Crippen LogP) is 3.44. The molecule has 0 aromatic heterocycles. The summed E-state index contributed by atoms with van der Waals surface area (Å²) < 4.78 is 41.4. The van der Waals surface area contributed by atoms with Gasteiger partial charge in [-0.1, -0.05) is 32.0 Å². The molecule has 7 heteroatoms. The predicted molar refractivity (Wildman–Crippen MR) is 71.0 cm³/mol. The third-order valence-electron chi connectivity index (χ3n) is 3.12. The Bertz CT molecular complexity index is 473. The Balaban J connectivity index is 3.20. The second-order valence-electron chi connectivity index (χ2n) is 4.42. The van der Waals surface area contributed by atoms with E-state index in [1.165, 1.54) is 18.2 Å². The highest BCUT2D eigenvalue weighted by molar-refractivity contribution is 5.68. The zero-order chi connectivity index (χ0) is 16.0. The third kappa shape index (κ3) is 5.26. The Morgan fingerprint density at radius 1 is 1.29 bits per heavy atom. The molecule has 1 unspecified atom stereocenters. The number of nitrogens with zero attached hydrogens (tertiary/aromatic N) is 1. The molecule has 0 spiro atoms. The van der Waals surface area contributed by atoms with Gasteiger partial charge in [-0.3, -0.25) is 9.69 Å². The van der Waals surface area contributed by atoms with Crippen LogP contribution < -0.4 is 4.74 Å². The topological polar surface area (TPSA) is 49.8 Å². The van der Waals surface area contributed by atoms with Crippen molar-refractivity contribution in [2.45, 2.75) is 32.7 Å². The van der Waals surface area contributed by atoms with Crippen LogP contribution in [0.5, 0.6) is 5.75 Å². The Morgan fingerprint density at radius 2 is 1.86 bits per heavy atom. The molecule has 1 rings (SSSR count). The third-order valence-corrected chi connectivity index (χ3v) is 3.12. The fraction of sp³-hybridized carbons (Fsp3) is 0.500. The minimum atomic E-state index is -4.81. The van der Waals surface area contributed by atoms with Crippen molar-refractivity contribution in [3.05, 3.63) is 29.8 Å². The minimum Gasteiger partial charge on any atom is -0.481 e. The molecule has 1 aromatic carbocycles. The molecule has 0 amide bonds. The van der Waals surface area contributed by atoms with Gasteiger partial charge in [-0.2, -0.15) is 0 Å². The average molecular weight is 305 g/mol. The zero-order valence-electron chi connectivity index (χ0n) is 11.9. The number of ether oxygens (including phenoxy) is 1. The molecule has 0 aliphatic heterocycles. The fourth-order valence-corrected chi connectivity index (χ4v) is 2.24. The van der Waals surface area contributed by atoms with Crippen LogP contribution in [0.4, 0.5) is 13.2 Å². The van der Waals surface area contributed by atoms with Gasteiger partial charge in [-0.15, -0.1) is 13.2 Å².